The highest BCUT2D eigenvalue weighted by molar-refractivity contribution is 5.89. The van der Waals surface area contributed by atoms with E-state index in [-0.39, 0.29) is 11.9 Å². The van der Waals surface area contributed by atoms with Crippen molar-refractivity contribution in [3.8, 4) is 0 Å². The molecule has 2 atom stereocenters. The first-order valence-corrected chi connectivity index (χ1v) is 6.14. The second kappa shape index (κ2) is 5.27. The number of amides is 1. The Labute approximate surface area is 102 Å². The molecule has 92 valence electrons. The van der Waals surface area contributed by atoms with Crippen molar-refractivity contribution >= 4 is 11.7 Å². The molecule has 1 saturated carbocycles. The number of carbonyl (C=O) groups is 1. The van der Waals surface area contributed by atoms with Crippen LogP contribution in [0.4, 0.5) is 5.82 Å². The largest absolute Gasteiger partial charge is 0.327 e. The number of pyridine rings is 1. The highest BCUT2D eigenvalue weighted by Gasteiger charge is 2.26. The molecule has 0 saturated heterocycles. The van der Waals surface area contributed by atoms with Crippen molar-refractivity contribution in [2.45, 2.75) is 38.6 Å². The quantitative estimate of drug-likeness (QED) is 0.837. The zero-order valence-corrected chi connectivity index (χ0v) is 10.1. The van der Waals surface area contributed by atoms with Crippen LogP contribution in [0.3, 0.4) is 0 Å². The molecule has 1 aromatic heterocycles. The Balaban J connectivity index is 1.89. The molecule has 17 heavy (non-hydrogen) atoms. The topological polar surface area (TPSA) is 68.0 Å². The van der Waals surface area contributed by atoms with E-state index in [4.69, 9.17) is 5.73 Å². The molecule has 1 heterocycles. The van der Waals surface area contributed by atoms with Crippen molar-refractivity contribution in [1.29, 1.82) is 0 Å². The van der Waals surface area contributed by atoms with E-state index < -0.39 is 0 Å². The van der Waals surface area contributed by atoms with Gasteiger partial charge in [-0.3, -0.25) is 4.79 Å². The lowest BCUT2D eigenvalue weighted by molar-refractivity contribution is -0.117. The molecule has 0 unspecified atom stereocenters. The minimum absolute atomic E-state index is 0.0189. The summed E-state index contributed by atoms with van der Waals surface area (Å²) in [4.78, 5) is 16.1. The fourth-order valence-electron chi connectivity index (χ4n) is 2.36. The Morgan fingerprint density at radius 1 is 1.53 bits per heavy atom. The summed E-state index contributed by atoms with van der Waals surface area (Å²) in [6, 6.07) is 5.78. The van der Waals surface area contributed by atoms with Gasteiger partial charge in [0.05, 0.1) is 0 Å². The third-order valence-corrected chi connectivity index (χ3v) is 3.32. The van der Waals surface area contributed by atoms with Crippen LogP contribution in [0.15, 0.2) is 18.2 Å². The molecule has 0 aliphatic heterocycles. The maximum atomic E-state index is 11.8. The summed E-state index contributed by atoms with van der Waals surface area (Å²) in [5, 5.41) is 2.82. The van der Waals surface area contributed by atoms with Crippen LogP contribution in [0.5, 0.6) is 0 Å². The molecule has 0 spiro atoms. The van der Waals surface area contributed by atoms with Crippen LogP contribution < -0.4 is 11.1 Å². The summed E-state index contributed by atoms with van der Waals surface area (Å²) in [6.45, 7) is 1.91. The Morgan fingerprint density at radius 3 is 3.00 bits per heavy atom. The third-order valence-electron chi connectivity index (χ3n) is 3.32. The minimum atomic E-state index is 0.0189. The van der Waals surface area contributed by atoms with Crippen LogP contribution in [-0.4, -0.2) is 16.9 Å². The Kier molecular flexibility index (Phi) is 3.74. The Bertz CT molecular complexity index is 405. The van der Waals surface area contributed by atoms with E-state index in [0.717, 1.165) is 25.0 Å². The second-order valence-corrected chi connectivity index (χ2v) is 4.77. The predicted molar refractivity (Wildman–Crippen MR) is 67.5 cm³/mol. The fraction of sp³-hybridized carbons (Fsp3) is 0.538. The lowest BCUT2D eigenvalue weighted by atomic mass is 10.00. The van der Waals surface area contributed by atoms with E-state index in [1.165, 1.54) is 0 Å². The molecule has 1 aliphatic rings. The monoisotopic (exact) mass is 233 g/mol. The fourth-order valence-corrected chi connectivity index (χ4v) is 2.36. The summed E-state index contributed by atoms with van der Waals surface area (Å²) in [5.74, 6) is 0.979. The summed E-state index contributed by atoms with van der Waals surface area (Å²) in [6.07, 6.45) is 3.76. The van der Waals surface area contributed by atoms with Crippen molar-refractivity contribution < 1.29 is 4.79 Å². The van der Waals surface area contributed by atoms with Gasteiger partial charge in [-0.2, -0.15) is 0 Å². The van der Waals surface area contributed by atoms with E-state index in [9.17, 15) is 4.79 Å². The average Bonchev–Trinajstić information content (AvgIpc) is 2.64. The van der Waals surface area contributed by atoms with E-state index in [1.807, 2.05) is 19.1 Å². The van der Waals surface area contributed by atoms with E-state index in [0.29, 0.717) is 18.2 Å². The molecular weight excluding hydrogens is 214 g/mol. The van der Waals surface area contributed by atoms with Gasteiger partial charge < -0.3 is 11.1 Å². The van der Waals surface area contributed by atoms with Crippen LogP contribution in [0, 0.1) is 12.8 Å². The first-order chi connectivity index (χ1) is 8.15. The van der Waals surface area contributed by atoms with Gasteiger partial charge in [-0.1, -0.05) is 12.5 Å². The van der Waals surface area contributed by atoms with Gasteiger partial charge in [-0.05, 0) is 37.8 Å². The normalized spacial score (nSPS) is 23.6. The first-order valence-electron chi connectivity index (χ1n) is 6.14. The number of carbonyl (C=O) groups excluding carboxylic acids is 1. The van der Waals surface area contributed by atoms with Crippen LogP contribution in [-0.2, 0) is 4.79 Å². The SMILES string of the molecule is Cc1cccc(NC(=O)C[C@@H]2CCC[C@H]2N)n1. The van der Waals surface area contributed by atoms with Crippen LogP contribution in [0.1, 0.15) is 31.4 Å². The molecule has 1 amide bonds. The van der Waals surface area contributed by atoms with Crippen molar-refractivity contribution in [3.63, 3.8) is 0 Å². The number of nitrogens with zero attached hydrogens (tertiary/aromatic N) is 1. The highest BCUT2D eigenvalue weighted by Crippen LogP contribution is 2.26. The van der Waals surface area contributed by atoms with Gasteiger partial charge in [0.1, 0.15) is 5.82 Å². The third kappa shape index (κ3) is 3.27. The van der Waals surface area contributed by atoms with E-state index in [1.54, 1.807) is 6.07 Å². The summed E-state index contributed by atoms with van der Waals surface area (Å²) in [5.41, 5.74) is 6.85. The number of nitrogens with one attached hydrogen (secondary N) is 1. The van der Waals surface area contributed by atoms with Gasteiger partial charge in [-0.15, -0.1) is 0 Å². The molecule has 1 aliphatic carbocycles. The number of anilines is 1. The average molecular weight is 233 g/mol. The van der Waals surface area contributed by atoms with Crippen molar-refractivity contribution in [2.24, 2.45) is 11.7 Å². The molecule has 0 bridgehead atoms. The Morgan fingerprint density at radius 2 is 2.35 bits per heavy atom. The van der Waals surface area contributed by atoms with Crippen LogP contribution in [0.2, 0.25) is 0 Å². The van der Waals surface area contributed by atoms with E-state index >= 15 is 0 Å². The smallest absolute Gasteiger partial charge is 0.225 e. The molecule has 4 nitrogen and oxygen atoms in total. The zero-order chi connectivity index (χ0) is 12.3. The van der Waals surface area contributed by atoms with Crippen LogP contribution >= 0.6 is 0 Å². The molecule has 1 fully saturated rings. The number of rotatable bonds is 3. The molecule has 1 aromatic rings. The lowest BCUT2D eigenvalue weighted by Gasteiger charge is -2.14. The number of aromatic nitrogens is 1. The number of nitrogens with two attached hydrogens (primary N) is 1. The number of hydrogen-bond donors (Lipinski definition) is 2. The van der Waals surface area contributed by atoms with Crippen LogP contribution in [0.25, 0.3) is 0 Å². The van der Waals surface area contributed by atoms with Gasteiger partial charge in [0, 0.05) is 18.2 Å². The standard InChI is InChI=1S/C13H19N3O/c1-9-4-2-7-12(15-9)16-13(17)8-10-5-3-6-11(10)14/h2,4,7,10-11H,3,5-6,8,14H2,1H3,(H,15,16,17)/t10-,11+/m0/s1. The molecule has 2 rings (SSSR count). The van der Waals surface area contributed by atoms with Gasteiger partial charge in [0.2, 0.25) is 5.91 Å². The number of aryl methyl sites for hydroxylation is 1. The molecule has 3 N–H and O–H groups in total. The van der Waals surface area contributed by atoms with Crippen molar-refractivity contribution in [1.82, 2.24) is 4.98 Å². The summed E-state index contributed by atoms with van der Waals surface area (Å²) in [7, 11) is 0. The first kappa shape index (κ1) is 12.0. The Hall–Kier alpha value is -1.42. The minimum Gasteiger partial charge on any atom is -0.327 e. The zero-order valence-electron chi connectivity index (χ0n) is 10.1. The summed E-state index contributed by atoms with van der Waals surface area (Å²) < 4.78 is 0. The van der Waals surface area contributed by atoms with Gasteiger partial charge in [0.25, 0.3) is 0 Å². The predicted octanol–water partition coefficient (Wildman–Crippen LogP) is 1.85. The van der Waals surface area contributed by atoms with Crippen molar-refractivity contribution in [2.75, 3.05) is 5.32 Å². The highest BCUT2D eigenvalue weighted by atomic mass is 16.1. The summed E-state index contributed by atoms with van der Waals surface area (Å²) >= 11 is 0. The molecule has 0 aromatic carbocycles. The van der Waals surface area contributed by atoms with Crippen molar-refractivity contribution in [3.05, 3.63) is 23.9 Å². The second-order valence-electron chi connectivity index (χ2n) is 4.77. The maximum Gasteiger partial charge on any atom is 0.225 e. The lowest BCUT2D eigenvalue weighted by Crippen LogP contribution is -2.28. The van der Waals surface area contributed by atoms with E-state index in [2.05, 4.69) is 10.3 Å². The van der Waals surface area contributed by atoms with Gasteiger partial charge >= 0.3 is 0 Å². The molecule has 4 heteroatoms. The molecule has 0 radical (unpaired) electrons. The maximum absolute atomic E-state index is 11.8. The van der Waals surface area contributed by atoms with Gasteiger partial charge in [-0.25, -0.2) is 4.98 Å². The van der Waals surface area contributed by atoms with Gasteiger partial charge in [0.15, 0.2) is 0 Å². The molecular formula is C13H19N3O. The number of hydrogen-bond acceptors (Lipinski definition) is 3.